The Morgan fingerprint density at radius 1 is 1.23 bits per heavy atom. The van der Waals surface area contributed by atoms with Gasteiger partial charge in [0.1, 0.15) is 5.75 Å². The molecule has 0 aliphatic carbocycles. The van der Waals surface area contributed by atoms with Gasteiger partial charge in [-0.3, -0.25) is 4.79 Å². The fraction of sp³-hybridized carbons (Fsp3) is 0.650. The average molecular weight is 385 g/mol. The third-order valence-electron chi connectivity index (χ3n) is 5.97. The van der Waals surface area contributed by atoms with Crippen molar-refractivity contribution in [2.24, 2.45) is 11.1 Å². The number of amides is 1. The van der Waals surface area contributed by atoms with Crippen molar-refractivity contribution in [2.75, 3.05) is 33.4 Å². The van der Waals surface area contributed by atoms with E-state index < -0.39 is 5.41 Å². The maximum atomic E-state index is 12.8. The molecule has 0 bridgehead atoms. The molecule has 0 aromatic heterocycles. The minimum absolute atomic E-state index is 0. The van der Waals surface area contributed by atoms with Gasteiger partial charge in [0.05, 0.1) is 12.5 Å². The average Bonchev–Trinajstić information content (AvgIpc) is 2.69. The quantitative estimate of drug-likeness (QED) is 0.722. The van der Waals surface area contributed by atoms with Gasteiger partial charge in [-0.2, -0.15) is 0 Å². The highest BCUT2D eigenvalue weighted by atomic mass is 35.5. The molecule has 0 unspecified atom stereocenters. The Morgan fingerprint density at radius 2 is 1.81 bits per heavy atom. The number of rotatable bonds is 8. The smallest absolute Gasteiger partial charge is 0.227 e. The van der Waals surface area contributed by atoms with Gasteiger partial charge in [0, 0.05) is 31.7 Å². The molecule has 1 aromatic carbocycles. The van der Waals surface area contributed by atoms with E-state index in [1.54, 1.807) is 7.11 Å². The number of hydrogen-bond acceptors (Lipinski definition) is 4. The summed E-state index contributed by atoms with van der Waals surface area (Å²) in [5.41, 5.74) is 6.58. The van der Waals surface area contributed by atoms with Crippen molar-refractivity contribution in [1.82, 2.24) is 5.32 Å². The lowest BCUT2D eigenvalue weighted by atomic mass is 9.73. The molecule has 3 N–H and O–H groups in total. The zero-order valence-corrected chi connectivity index (χ0v) is 17.0. The zero-order chi connectivity index (χ0) is 18.3. The second-order valence-electron chi connectivity index (χ2n) is 7.00. The number of nitrogens with one attached hydrogen (secondary N) is 1. The highest BCUT2D eigenvalue weighted by molar-refractivity contribution is 5.85. The molecular weight excluding hydrogens is 352 g/mol. The lowest BCUT2D eigenvalue weighted by Crippen LogP contribution is -2.51. The number of nitrogens with two attached hydrogens (primary N) is 1. The van der Waals surface area contributed by atoms with Crippen LogP contribution >= 0.6 is 12.4 Å². The fourth-order valence-electron chi connectivity index (χ4n) is 3.66. The summed E-state index contributed by atoms with van der Waals surface area (Å²) < 4.78 is 10.8. The predicted molar refractivity (Wildman–Crippen MR) is 107 cm³/mol. The lowest BCUT2D eigenvalue weighted by molar-refractivity contribution is -0.131. The van der Waals surface area contributed by atoms with E-state index >= 15 is 0 Å². The lowest BCUT2D eigenvalue weighted by Gasteiger charge is -2.39. The maximum absolute atomic E-state index is 12.8. The number of ether oxygens (including phenoxy) is 2. The van der Waals surface area contributed by atoms with E-state index in [9.17, 15) is 4.79 Å². The number of methoxy groups -OCH3 is 1. The van der Waals surface area contributed by atoms with Gasteiger partial charge in [-0.1, -0.05) is 26.0 Å². The number of benzene rings is 1. The first-order valence-electron chi connectivity index (χ1n) is 9.26. The summed E-state index contributed by atoms with van der Waals surface area (Å²) in [5, 5.41) is 3.21. The first-order valence-corrected chi connectivity index (χ1v) is 9.26. The van der Waals surface area contributed by atoms with Crippen LogP contribution in [-0.2, 0) is 14.9 Å². The number of halogens is 1. The van der Waals surface area contributed by atoms with Crippen LogP contribution in [0, 0.1) is 5.41 Å². The molecule has 0 saturated carbocycles. The summed E-state index contributed by atoms with van der Waals surface area (Å²) in [5.74, 6) is 0.911. The molecule has 1 fully saturated rings. The van der Waals surface area contributed by atoms with Crippen LogP contribution in [0.2, 0.25) is 0 Å². The van der Waals surface area contributed by atoms with E-state index in [0.717, 1.165) is 31.4 Å². The van der Waals surface area contributed by atoms with Crippen LogP contribution in [0.15, 0.2) is 24.3 Å². The van der Waals surface area contributed by atoms with Crippen molar-refractivity contribution in [1.29, 1.82) is 0 Å². The minimum atomic E-state index is -0.466. The van der Waals surface area contributed by atoms with Gasteiger partial charge in [-0.05, 0) is 43.4 Å². The van der Waals surface area contributed by atoms with Crippen molar-refractivity contribution < 1.29 is 14.3 Å². The number of carbonyl (C=O) groups excluding carboxylic acids is 1. The van der Waals surface area contributed by atoms with Crippen LogP contribution in [0.4, 0.5) is 0 Å². The molecule has 148 valence electrons. The summed E-state index contributed by atoms with van der Waals surface area (Å²) in [6.45, 7) is 6.48. The molecular formula is C20H33ClN2O3. The standard InChI is InChI=1S/C20H32N2O3.ClH/c1-4-19(5-2,14-21)18(23)22-15-20(10-12-25-13-11-20)16-6-8-17(24-3)9-7-16;/h6-9H,4-5,10-15,21H2,1-3H3,(H,22,23);1H. The second kappa shape index (κ2) is 10.1. The molecule has 26 heavy (non-hydrogen) atoms. The van der Waals surface area contributed by atoms with E-state index in [4.69, 9.17) is 15.2 Å². The Bertz CT molecular complexity index is 544. The first kappa shape index (κ1) is 22.7. The molecule has 1 heterocycles. The molecule has 2 rings (SSSR count). The Morgan fingerprint density at radius 3 is 2.27 bits per heavy atom. The van der Waals surface area contributed by atoms with Crippen molar-refractivity contribution in [3.05, 3.63) is 29.8 Å². The van der Waals surface area contributed by atoms with Gasteiger partial charge in [-0.25, -0.2) is 0 Å². The monoisotopic (exact) mass is 384 g/mol. The number of carbonyl (C=O) groups is 1. The summed E-state index contributed by atoms with van der Waals surface area (Å²) in [7, 11) is 1.67. The second-order valence-corrected chi connectivity index (χ2v) is 7.00. The van der Waals surface area contributed by atoms with Crippen LogP contribution in [0.25, 0.3) is 0 Å². The van der Waals surface area contributed by atoms with E-state index in [1.165, 1.54) is 5.56 Å². The highest BCUT2D eigenvalue weighted by Gasteiger charge is 2.38. The van der Waals surface area contributed by atoms with Crippen molar-refractivity contribution in [3.63, 3.8) is 0 Å². The van der Waals surface area contributed by atoms with Gasteiger partial charge in [0.25, 0.3) is 0 Å². The Kier molecular flexibility index (Phi) is 8.87. The third-order valence-corrected chi connectivity index (χ3v) is 5.97. The van der Waals surface area contributed by atoms with E-state index in [-0.39, 0.29) is 23.7 Å². The van der Waals surface area contributed by atoms with Crippen LogP contribution in [0.5, 0.6) is 5.75 Å². The Labute approximate surface area is 163 Å². The summed E-state index contributed by atoms with van der Waals surface area (Å²) in [6.07, 6.45) is 3.30. The third kappa shape index (κ3) is 4.70. The maximum Gasteiger partial charge on any atom is 0.227 e. The molecule has 0 atom stereocenters. The normalized spacial score (nSPS) is 16.5. The molecule has 1 amide bonds. The fourth-order valence-corrected chi connectivity index (χ4v) is 3.66. The van der Waals surface area contributed by atoms with Gasteiger partial charge in [-0.15, -0.1) is 12.4 Å². The highest BCUT2D eigenvalue weighted by Crippen LogP contribution is 2.35. The molecule has 1 saturated heterocycles. The van der Waals surface area contributed by atoms with Crippen molar-refractivity contribution in [2.45, 2.75) is 44.9 Å². The van der Waals surface area contributed by atoms with Crippen LogP contribution in [0.3, 0.4) is 0 Å². The summed E-state index contributed by atoms with van der Waals surface area (Å²) >= 11 is 0. The summed E-state index contributed by atoms with van der Waals surface area (Å²) in [6, 6.07) is 8.17. The van der Waals surface area contributed by atoms with Crippen molar-refractivity contribution >= 4 is 18.3 Å². The molecule has 0 spiro atoms. The molecule has 5 nitrogen and oxygen atoms in total. The van der Waals surface area contributed by atoms with Gasteiger partial charge < -0.3 is 20.5 Å². The zero-order valence-electron chi connectivity index (χ0n) is 16.2. The van der Waals surface area contributed by atoms with Crippen molar-refractivity contribution in [3.8, 4) is 5.75 Å². The Balaban J connectivity index is 0.00000338. The minimum Gasteiger partial charge on any atom is -0.497 e. The predicted octanol–water partition coefficient (Wildman–Crippen LogP) is 3.05. The van der Waals surface area contributed by atoms with Crippen LogP contribution in [0.1, 0.15) is 45.1 Å². The molecule has 1 aromatic rings. The van der Waals surface area contributed by atoms with E-state index in [0.29, 0.717) is 26.3 Å². The SMILES string of the molecule is CCC(CC)(CN)C(=O)NCC1(c2ccc(OC)cc2)CCOCC1.Cl. The van der Waals surface area contributed by atoms with Gasteiger partial charge in [0.2, 0.25) is 5.91 Å². The molecule has 6 heteroatoms. The van der Waals surface area contributed by atoms with E-state index in [2.05, 4.69) is 17.4 Å². The van der Waals surface area contributed by atoms with Crippen LogP contribution in [-0.4, -0.2) is 39.3 Å². The largest absolute Gasteiger partial charge is 0.497 e. The van der Waals surface area contributed by atoms with Crippen LogP contribution < -0.4 is 15.8 Å². The van der Waals surface area contributed by atoms with E-state index in [1.807, 2.05) is 26.0 Å². The first-order chi connectivity index (χ1) is 12.1. The summed E-state index contributed by atoms with van der Waals surface area (Å²) in [4.78, 5) is 12.8. The number of hydrogen-bond donors (Lipinski definition) is 2. The Hall–Kier alpha value is -1.30. The van der Waals surface area contributed by atoms with Gasteiger partial charge >= 0.3 is 0 Å². The molecule has 1 aliphatic rings. The topological polar surface area (TPSA) is 73.6 Å². The molecule has 0 radical (unpaired) electrons. The molecule has 1 aliphatic heterocycles. The van der Waals surface area contributed by atoms with Gasteiger partial charge in [0.15, 0.2) is 0 Å².